The van der Waals surface area contributed by atoms with Crippen molar-refractivity contribution in [3.63, 3.8) is 0 Å². The molecule has 9 heteroatoms. The maximum atomic E-state index is 12.7. The smallest absolute Gasteiger partial charge is 0.342 e. The van der Waals surface area contributed by atoms with Crippen molar-refractivity contribution in [2.24, 2.45) is 0 Å². The largest absolute Gasteiger partial charge is 0.493 e. The zero-order valence-electron chi connectivity index (χ0n) is 21.5. The van der Waals surface area contributed by atoms with Crippen LogP contribution in [0.1, 0.15) is 53.4 Å². The third-order valence-corrected chi connectivity index (χ3v) is 9.62. The van der Waals surface area contributed by atoms with Crippen LogP contribution >= 0.6 is 7.60 Å². The molecule has 0 saturated heterocycles. The van der Waals surface area contributed by atoms with E-state index in [4.69, 9.17) is 18.5 Å². The van der Waals surface area contributed by atoms with Crippen LogP contribution in [0.3, 0.4) is 0 Å². The highest BCUT2D eigenvalue weighted by Gasteiger charge is 2.32. The van der Waals surface area contributed by atoms with E-state index in [0.717, 1.165) is 29.2 Å². The molecule has 1 aliphatic heterocycles. The van der Waals surface area contributed by atoms with Crippen LogP contribution in [0.5, 0.6) is 5.75 Å². The van der Waals surface area contributed by atoms with Crippen molar-refractivity contribution < 1.29 is 27.9 Å². The Morgan fingerprint density at radius 2 is 1.73 bits per heavy atom. The fraction of sp³-hybridized carbons (Fsp3) is 0.708. The number of esters is 1. The summed E-state index contributed by atoms with van der Waals surface area (Å²) in [5, 5.41) is 3.37. The number of hydrogen-bond donors (Lipinski definition) is 1. The number of carbonyl (C=O) groups excluding carboxylic acids is 1. The maximum absolute atomic E-state index is 12.7. The van der Waals surface area contributed by atoms with Gasteiger partial charge in [-0.1, -0.05) is 26.6 Å². The average molecular weight is 500 g/mol. The monoisotopic (exact) mass is 499 g/mol. The van der Waals surface area contributed by atoms with E-state index in [2.05, 4.69) is 38.8 Å². The fourth-order valence-electron chi connectivity index (χ4n) is 4.10. The standard InChI is InChI=1S/C24H42NO6PSi/c1-8-19-18(4)21-17-29-24(26)22(21)23(28-14-16-33(5,6)7)20(19)11-12-25-13-15-32(27,30-9-2)31-10-3/h25H,8-17H2,1-7H3. The molecule has 1 aliphatic rings. The lowest BCUT2D eigenvalue weighted by molar-refractivity contribution is 0.0532. The molecule has 0 atom stereocenters. The van der Waals surface area contributed by atoms with Gasteiger partial charge in [-0.2, -0.15) is 0 Å². The Balaban J connectivity index is 2.19. The first-order chi connectivity index (χ1) is 15.6. The number of nitrogens with one attached hydrogen (secondary N) is 1. The molecule has 188 valence electrons. The molecule has 1 N–H and O–H groups in total. The SMILES string of the molecule is CCOP(=O)(CCNCCc1c(CC)c(C)c2c(c1OCC[Si](C)(C)C)C(=O)OC2)OCC. The molecule has 7 nitrogen and oxygen atoms in total. The Hall–Kier alpha value is -1.18. The summed E-state index contributed by atoms with van der Waals surface area (Å²) >= 11 is 0. The molecule has 0 amide bonds. The van der Waals surface area contributed by atoms with E-state index >= 15 is 0 Å². The van der Waals surface area contributed by atoms with Crippen molar-refractivity contribution in [1.82, 2.24) is 5.32 Å². The first-order valence-corrected chi connectivity index (χ1v) is 17.6. The quantitative estimate of drug-likeness (QED) is 0.151. The minimum atomic E-state index is -3.06. The molecule has 0 unspecified atom stereocenters. The summed E-state index contributed by atoms with van der Waals surface area (Å²) in [6, 6.07) is 1.02. The molecule has 0 fully saturated rings. The van der Waals surface area contributed by atoms with Crippen molar-refractivity contribution in [2.75, 3.05) is 39.1 Å². The lowest BCUT2D eigenvalue weighted by Crippen LogP contribution is -2.24. The van der Waals surface area contributed by atoms with Crippen molar-refractivity contribution in [3.8, 4) is 5.75 Å². The van der Waals surface area contributed by atoms with E-state index in [1.165, 1.54) is 5.56 Å². The molecule has 33 heavy (non-hydrogen) atoms. The van der Waals surface area contributed by atoms with Crippen LogP contribution < -0.4 is 10.1 Å². The molecular weight excluding hydrogens is 457 g/mol. The number of hydrogen-bond acceptors (Lipinski definition) is 7. The molecule has 1 aromatic rings. The number of fused-ring (bicyclic) bond motifs is 1. The summed E-state index contributed by atoms with van der Waals surface area (Å²) in [4.78, 5) is 12.6. The van der Waals surface area contributed by atoms with E-state index in [9.17, 15) is 9.36 Å². The van der Waals surface area contributed by atoms with E-state index in [1.807, 2.05) is 13.8 Å². The van der Waals surface area contributed by atoms with Crippen LogP contribution in [0.4, 0.5) is 0 Å². The number of carbonyl (C=O) groups is 1. The lowest BCUT2D eigenvalue weighted by atomic mass is 9.89. The Kier molecular flexibility index (Phi) is 10.6. The summed E-state index contributed by atoms with van der Waals surface area (Å²) < 4.78 is 35.1. The van der Waals surface area contributed by atoms with Gasteiger partial charge in [0.05, 0.1) is 26.0 Å². The highest BCUT2D eigenvalue weighted by Crippen LogP contribution is 2.47. The molecule has 1 aromatic carbocycles. The molecule has 0 aromatic heterocycles. The van der Waals surface area contributed by atoms with E-state index < -0.39 is 15.7 Å². The number of ether oxygens (including phenoxy) is 2. The second kappa shape index (κ2) is 12.5. The normalized spacial score (nSPS) is 13.8. The van der Waals surface area contributed by atoms with E-state index in [-0.39, 0.29) is 5.97 Å². The topological polar surface area (TPSA) is 83.1 Å². The maximum Gasteiger partial charge on any atom is 0.342 e. The zero-order chi connectivity index (χ0) is 24.6. The molecule has 0 radical (unpaired) electrons. The van der Waals surface area contributed by atoms with Crippen LogP contribution in [0.2, 0.25) is 25.7 Å². The Morgan fingerprint density at radius 1 is 1.06 bits per heavy atom. The second-order valence-electron chi connectivity index (χ2n) is 9.52. The summed E-state index contributed by atoms with van der Waals surface area (Å²) in [6.07, 6.45) is 1.89. The van der Waals surface area contributed by atoms with Gasteiger partial charge in [0, 0.05) is 20.2 Å². The molecule has 0 spiro atoms. The summed E-state index contributed by atoms with van der Waals surface area (Å²) in [7, 11) is -4.33. The van der Waals surface area contributed by atoms with Gasteiger partial charge in [-0.05, 0) is 62.9 Å². The minimum Gasteiger partial charge on any atom is -0.493 e. The molecular formula is C24H42NO6PSi. The third kappa shape index (κ3) is 7.66. The van der Waals surface area contributed by atoms with E-state index in [1.54, 1.807) is 0 Å². The van der Waals surface area contributed by atoms with Crippen LogP contribution in [-0.2, 0) is 37.8 Å². The van der Waals surface area contributed by atoms with Gasteiger partial charge in [0.25, 0.3) is 0 Å². The Morgan fingerprint density at radius 3 is 2.30 bits per heavy atom. The predicted molar refractivity (Wildman–Crippen MR) is 136 cm³/mol. The first kappa shape index (κ1) is 28.1. The second-order valence-corrected chi connectivity index (χ2v) is 17.3. The van der Waals surface area contributed by atoms with Gasteiger partial charge in [0.2, 0.25) is 0 Å². The van der Waals surface area contributed by atoms with Crippen molar-refractivity contribution in [3.05, 3.63) is 27.8 Å². The third-order valence-electron chi connectivity index (χ3n) is 5.84. The predicted octanol–water partition coefficient (Wildman–Crippen LogP) is 5.34. The van der Waals surface area contributed by atoms with Crippen molar-refractivity contribution in [2.45, 2.75) is 72.8 Å². The number of rotatable bonds is 15. The van der Waals surface area contributed by atoms with Gasteiger partial charge in [0.15, 0.2) is 0 Å². The summed E-state index contributed by atoms with van der Waals surface area (Å²) in [6.45, 7) is 17.6. The fourth-order valence-corrected chi connectivity index (χ4v) is 6.37. The van der Waals surface area contributed by atoms with Crippen LogP contribution in [0.15, 0.2) is 0 Å². The van der Waals surface area contributed by atoms with Crippen LogP contribution in [0, 0.1) is 6.92 Å². The highest BCUT2D eigenvalue weighted by molar-refractivity contribution is 7.53. The Bertz CT molecular complexity index is 858. The van der Waals surface area contributed by atoms with Gasteiger partial charge in [-0.3, -0.25) is 4.57 Å². The average Bonchev–Trinajstić information content (AvgIpc) is 3.11. The molecule has 1 heterocycles. The molecule has 2 rings (SSSR count). The molecule has 0 bridgehead atoms. The summed E-state index contributed by atoms with van der Waals surface area (Å²) in [5.74, 6) is 0.409. The molecule has 0 aliphatic carbocycles. The van der Waals surface area contributed by atoms with Gasteiger partial charge < -0.3 is 23.8 Å². The van der Waals surface area contributed by atoms with Crippen molar-refractivity contribution in [1.29, 1.82) is 0 Å². The first-order valence-electron chi connectivity index (χ1n) is 12.1. The van der Waals surface area contributed by atoms with Gasteiger partial charge in [0.1, 0.15) is 17.9 Å². The van der Waals surface area contributed by atoms with Crippen LogP contribution in [-0.4, -0.2) is 53.1 Å². The van der Waals surface area contributed by atoms with Gasteiger partial charge >= 0.3 is 13.6 Å². The lowest BCUT2D eigenvalue weighted by Gasteiger charge is -2.22. The number of cyclic esters (lactones) is 1. The van der Waals surface area contributed by atoms with E-state index in [0.29, 0.717) is 63.4 Å². The number of benzene rings is 1. The minimum absolute atomic E-state index is 0.290. The zero-order valence-corrected chi connectivity index (χ0v) is 23.4. The Labute approximate surface area is 200 Å². The molecule has 0 saturated carbocycles. The van der Waals surface area contributed by atoms with Crippen LogP contribution in [0.25, 0.3) is 0 Å². The van der Waals surface area contributed by atoms with Gasteiger partial charge in [-0.15, -0.1) is 0 Å². The van der Waals surface area contributed by atoms with Crippen molar-refractivity contribution >= 4 is 21.6 Å². The van der Waals surface area contributed by atoms with Gasteiger partial charge in [-0.25, -0.2) is 4.79 Å². The summed E-state index contributed by atoms with van der Waals surface area (Å²) in [5.41, 5.74) is 5.00. The highest BCUT2D eigenvalue weighted by atomic mass is 31.2.